The molecule has 1 amide bonds. The van der Waals surface area contributed by atoms with Gasteiger partial charge in [-0.3, -0.25) is 9.69 Å². The topological polar surface area (TPSA) is 60.4 Å². The summed E-state index contributed by atoms with van der Waals surface area (Å²) >= 11 is 0. The molecule has 2 aliphatic heterocycles. The molecule has 2 aliphatic rings. The fourth-order valence-electron chi connectivity index (χ4n) is 3.38. The molecular weight excluding hydrogens is 330 g/mol. The van der Waals surface area contributed by atoms with Crippen molar-refractivity contribution in [3.05, 3.63) is 0 Å². The number of hydrogen-bond acceptors (Lipinski definition) is 4. The van der Waals surface area contributed by atoms with Crippen LogP contribution in [-0.4, -0.2) is 99.2 Å². The van der Waals surface area contributed by atoms with Crippen LogP contribution in [-0.2, 0) is 9.53 Å². The van der Waals surface area contributed by atoms with E-state index in [1.807, 2.05) is 0 Å². The lowest BCUT2D eigenvalue weighted by molar-refractivity contribution is -0.127. The second kappa shape index (κ2) is 10.7. The molecule has 2 heterocycles. The number of nitrogens with zero attached hydrogens (tertiary/aromatic N) is 4. The Bertz CT molecular complexity index is 453. The van der Waals surface area contributed by atoms with E-state index in [9.17, 15) is 4.79 Å². The molecule has 0 radical (unpaired) electrons. The molecule has 0 aromatic heterocycles. The Morgan fingerprint density at radius 3 is 2.54 bits per heavy atom. The van der Waals surface area contributed by atoms with Crippen LogP contribution >= 0.6 is 0 Å². The minimum Gasteiger partial charge on any atom is -0.376 e. The van der Waals surface area contributed by atoms with E-state index in [4.69, 9.17) is 4.74 Å². The van der Waals surface area contributed by atoms with Crippen LogP contribution in [0.1, 0.15) is 33.1 Å². The third kappa shape index (κ3) is 7.11. The van der Waals surface area contributed by atoms with Gasteiger partial charge < -0.3 is 19.9 Å². The van der Waals surface area contributed by atoms with Crippen LogP contribution in [0.4, 0.5) is 0 Å². The molecule has 0 aromatic carbocycles. The molecule has 1 unspecified atom stereocenters. The quantitative estimate of drug-likeness (QED) is 0.557. The lowest BCUT2D eigenvalue weighted by Crippen LogP contribution is -2.54. The van der Waals surface area contributed by atoms with E-state index in [1.165, 1.54) is 6.42 Å². The third-order valence-corrected chi connectivity index (χ3v) is 4.92. The van der Waals surface area contributed by atoms with Crippen LogP contribution < -0.4 is 5.32 Å². The van der Waals surface area contributed by atoms with Crippen molar-refractivity contribution < 1.29 is 9.53 Å². The number of guanidine groups is 1. The van der Waals surface area contributed by atoms with E-state index in [1.54, 1.807) is 19.0 Å². The smallest absolute Gasteiger partial charge is 0.243 e. The highest BCUT2D eigenvalue weighted by molar-refractivity contribution is 5.85. The maximum Gasteiger partial charge on any atom is 0.243 e. The van der Waals surface area contributed by atoms with Crippen molar-refractivity contribution in [3.63, 3.8) is 0 Å². The first-order valence-electron chi connectivity index (χ1n) is 10.0. The van der Waals surface area contributed by atoms with E-state index in [-0.39, 0.29) is 18.6 Å². The zero-order valence-electron chi connectivity index (χ0n) is 17.0. The van der Waals surface area contributed by atoms with E-state index in [0.717, 1.165) is 64.7 Å². The number of amides is 1. The van der Waals surface area contributed by atoms with Crippen molar-refractivity contribution in [2.45, 2.75) is 39.2 Å². The van der Waals surface area contributed by atoms with Gasteiger partial charge in [-0.2, -0.15) is 0 Å². The maximum atomic E-state index is 11.9. The highest BCUT2D eigenvalue weighted by Crippen LogP contribution is 2.12. The minimum absolute atomic E-state index is 0.0247. The molecule has 1 N–H and O–H groups in total. The van der Waals surface area contributed by atoms with Gasteiger partial charge in [-0.05, 0) is 25.2 Å². The normalized spacial score (nSPS) is 22.6. The summed E-state index contributed by atoms with van der Waals surface area (Å²) in [5.41, 5.74) is 0. The minimum atomic E-state index is 0.0247. The van der Waals surface area contributed by atoms with Crippen LogP contribution in [0.2, 0.25) is 0 Å². The molecule has 0 aliphatic carbocycles. The van der Waals surface area contributed by atoms with Crippen molar-refractivity contribution in [1.82, 2.24) is 20.0 Å². The van der Waals surface area contributed by atoms with Gasteiger partial charge in [0.2, 0.25) is 5.91 Å². The van der Waals surface area contributed by atoms with Gasteiger partial charge in [-0.1, -0.05) is 13.8 Å². The first kappa shape index (κ1) is 21.0. The monoisotopic (exact) mass is 367 g/mol. The highest BCUT2D eigenvalue weighted by Gasteiger charge is 2.22. The average Bonchev–Trinajstić information content (AvgIpc) is 2.62. The maximum absolute atomic E-state index is 11.9. The molecule has 7 nitrogen and oxygen atoms in total. The molecule has 2 rings (SSSR count). The average molecular weight is 368 g/mol. The van der Waals surface area contributed by atoms with Gasteiger partial charge in [0, 0.05) is 60.0 Å². The Labute approximate surface area is 158 Å². The summed E-state index contributed by atoms with van der Waals surface area (Å²) in [5.74, 6) is 1.56. The molecule has 0 aromatic rings. The van der Waals surface area contributed by atoms with Crippen molar-refractivity contribution in [1.29, 1.82) is 0 Å². The molecule has 2 saturated heterocycles. The number of piperazine rings is 1. The third-order valence-electron chi connectivity index (χ3n) is 4.92. The zero-order chi connectivity index (χ0) is 18.9. The van der Waals surface area contributed by atoms with Crippen molar-refractivity contribution in [3.8, 4) is 0 Å². The summed E-state index contributed by atoms with van der Waals surface area (Å²) in [6, 6.07) is 0. The van der Waals surface area contributed by atoms with Gasteiger partial charge >= 0.3 is 0 Å². The van der Waals surface area contributed by atoms with Crippen molar-refractivity contribution in [2.24, 2.45) is 10.9 Å². The van der Waals surface area contributed by atoms with Crippen molar-refractivity contribution in [2.75, 3.05) is 66.5 Å². The van der Waals surface area contributed by atoms with Gasteiger partial charge in [0.1, 0.15) is 6.54 Å². The fraction of sp³-hybridized carbons (Fsp3) is 0.895. The summed E-state index contributed by atoms with van der Waals surface area (Å²) in [6.07, 6.45) is 3.73. The summed E-state index contributed by atoms with van der Waals surface area (Å²) < 4.78 is 5.82. The van der Waals surface area contributed by atoms with Gasteiger partial charge in [0.05, 0.1) is 6.10 Å². The van der Waals surface area contributed by atoms with Gasteiger partial charge in [0.15, 0.2) is 5.96 Å². The second-order valence-corrected chi connectivity index (χ2v) is 7.98. The molecule has 7 heteroatoms. The second-order valence-electron chi connectivity index (χ2n) is 7.98. The Morgan fingerprint density at radius 1 is 1.23 bits per heavy atom. The predicted octanol–water partition coefficient (Wildman–Crippen LogP) is 0.863. The standard InChI is InChI=1S/C19H37N5O2/c1-16(2)15-23-8-10-24(11-9-23)19(21-14-18(25)22(3)4)20-13-17-7-5-6-12-26-17/h16-17H,5-15H2,1-4H3,(H,20,21). The van der Waals surface area contributed by atoms with E-state index < -0.39 is 0 Å². The van der Waals surface area contributed by atoms with E-state index in [0.29, 0.717) is 5.92 Å². The van der Waals surface area contributed by atoms with E-state index >= 15 is 0 Å². The Balaban J connectivity index is 1.91. The summed E-state index contributed by atoms with van der Waals surface area (Å²) in [5, 5.41) is 3.47. The summed E-state index contributed by atoms with van der Waals surface area (Å²) in [6.45, 7) is 11.4. The van der Waals surface area contributed by atoms with Crippen molar-refractivity contribution >= 4 is 11.9 Å². The van der Waals surface area contributed by atoms with Gasteiger partial charge in [-0.15, -0.1) is 0 Å². The number of likely N-dealkylation sites (N-methyl/N-ethyl adjacent to an activating group) is 1. The van der Waals surface area contributed by atoms with Crippen LogP contribution in [0.15, 0.2) is 4.99 Å². The molecular formula is C19H37N5O2. The number of hydrogen-bond donors (Lipinski definition) is 1. The predicted molar refractivity (Wildman–Crippen MR) is 105 cm³/mol. The first-order chi connectivity index (χ1) is 12.5. The summed E-state index contributed by atoms with van der Waals surface area (Å²) in [7, 11) is 3.54. The molecule has 2 fully saturated rings. The number of carbonyl (C=O) groups is 1. The van der Waals surface area contributed by atoms with Gasteiger partial charge in [0.25, 0.3) is 0 Å². The molecule has 0 spiro atoms. The van der Waals surface area contributed by atoms with Crippen LogP contribution in [0.3, 0.4) is 0 Å². The highest BCUT2D eigenvalue weighted by atomic mass is 16.5. The number of nitrogens with one attached hydrogen (secondary N) is 1. The lowest BCUT2D eigenvalue weighted by atomic mass is 10.1. The summed E-state index contributed by atoms with van der Waals surface area (Å²) in [4.78, 5) is 22.9. The molecule has 1 atom stereocenters. The van der Waals surface area contributed by atoms with E-state index in [2.05, 4.69) is 34.0 Å². The van der Waals surface area contributed by atoms with Crippen LogP contribution in [0.5, 0.6) is 0 Å². The number of carbonyl (C=O) groups excluding carboxylic acids is 1. The lowest BCUT2D eigenvalue weighted by Gasteiger charge is -2.37. The fourth-order valence-corrected chi connectivity index (χ4v) is 3.38. The zero-order valence-corrected chi connectivity index (χ0v) is 17.0. The van der Waals surface area contributed by atoms with Crippen LogP contribution in [0.25, 0.3) is 0 Å². The Morgan fingerprint density at radius 2 is 1.96 bits per heavy atom. The number of rotatable bonds is 6. The number of ether oxygens (including phenoxy) is 1. The first-order valence-corrected chi connectivity index (χ1v) is 10.0. The Kier molecular flexibility index (Phi) is 8.65. The SMILES string of the molecule is CC(C)CN1CCN(C(=NCC(=O)N(C)C)NCC2CCCCO2)CC1. The Hall–Kier alpha value is -1.34. The molecule has 26 heavy (non-hydrogen) atoms. The molecule has 0 bridgehead atoms. The van der Waals surface area contributed by atoms with Gasteiger partial charge in [-0.25, -0.2) is 4.99 Å². The molecule has 0 saturated carbocycles. The largest absolute Gasteiger partial charge is 0.376 e. The number of aliphatic imine (C=N–C) groups is 1. The van der Waals surface area contributed by atoms with Crippen LogP contribution in [0, 0.1) is 5.92 Å². The molecule has 150 valence electrons.